The Balaban J connectivity index is 1.55. The molecule has 4 aromatic rings. The summed E-state index contributed by atoms with van der Waals surface area (Å²) in [6.07, 6.45) is 6.18. The number of pyridine rings is 3. The van der Waals surface area contributed by atoms with Crippen LogP contribution in [0.3, 0.4) is 0 Å². The number of halogens is 2. The van der Waals surface area contributed by atoms with Gasteiger partial charge in [-0.2, -0.15) is 0 Å². The van der Waals surface area contributed by atoms with E-state index in [1.54, 1.807) is 37.5 Å². The van der Waals surface area contributed by atoms with Crippen LogP contribution in [0.5, 0.6) is 5.75 Å². The van der Waals surface area contributed by atoms with Crippen LogP contribution in [0.1, 0.15) is 32.3 Å². The monoisotopic (exact) mass is 588 g/mol. The smallest absolute Gasteiger partial charge is 0.228 e. The van der Waals surface area contributed by atoms with Gasteiger partial charge < -0.3 is 19.7 Å². The maximum atomic E-state index is 15.6. The molecule has 224 valence electrons. The van der Waals surface area contributed by atoms with Gasteiger partial charge in [0, 0.05) is 73.3 Å². The fourth-order valence-electron chi connectivity index (χ4n) is 5.74. The predicted molar refractivity (Wildman–Crippen MR) is 162 cm³/mol. The van der Waals surface area contributed by atoms with Crippen LogP contribution in [0.15, 0.2) is 42.9 Å². The van der Waals surface area contributed by atoms with Gasteiger partial charge in [0.05, 0.1) is 48.8 Å². The average molecular weight is 589 g/mol. The van der Waals surface area contributed by atoms with Gasteiger partial charge in [0.1, 0.15) is 29.0 Å². The number of rotatable bonds is 6. The number of methoxy groups -OCH3 is 1. The van der Waals surface area contributed by atoms with Gasteiger partial charge in [0.15, 0.2) is 0 Å². The summed E-state index contributed by atoms with van der Waals surface area (Å²) in [5.74, 6) is 0.105. The second-order valence-electron chi connectivity index (χ2n) is 11.8. The zero-order valence-corrected chi connectivity index (χ0v) is 24.7. The molecule has 9 nitrogen and oxygen atoms in total. The van der Waals surface area contributed by atoms with Crippen molar-refractivity contribution in [2.24, 2.45) is 5.41 Å². The first kappa shape index (κ1) is 28.7. The van der Waals surface area contributed by atoms with Crippen molar-refractivity contribution in [1.82, 2.24) is 15.0 Å². The number of piperidine rings is 1. The Morgan fingerprint density at radius 2 is 1.86 bits per heavy atom. The zero-order valence-electron chi connectivity index (χ0n) is 24.7. The molecule has 0 unspecified atom stereocenters. The van der Waals surface area contributed by atoms with Gasteiger partial charge in [-0.3, -0.25) is 14.7 Å². The Labute approximate surface area is 248 Å². The van der Waals surface area contributed by atoms with Crippen molar-refractivity contribution in [3.63, 3.8) is 0 Å². The Morgan fingerprint density at radius 3 is 2.63 bits per heavy atom. The highest BCUT2D eigenvalue weighted by atomic mass is 19.1. The molecule has 0 atom stereocenters. The molecule has 43 heavy (non-hydrogen) atoms. The second-order valence-corrected chi connectivity index (χ2v) is 11.8. The maximum Gasteiger partial charge on any atom is 0.228 e. The lowest BCUT2D eigenvalue weighted by atomic mass is 9.83. The van der Waals surface area contributed by atoms with Gasteiger partial charge in [-0.05, 0) is 24.8 Å². The van der Waals surface area contributed by atoms with Crippen LogP contribution < -0.4 is 19.9 Å². The summed E-state index contributed by atoms with van der Waals surface area (Å²) in [5.41, 5.74) is 3.01. The summed E-state index contributed by atoms with van der Waals surface area (Å²) in [7, 11) is 1.57. The van der Waals surface area contributed by atoms with Gasteiger partial charge in [-0.25, -0.2) is 18.7 Å². The molecule has 1 aromatic carbocycles. The molecule has 2 aliphatic heterocycles. The van der Waals surface area contributed by atoms with E-state index in [4.69, 9.17) is 14.5 Å². The lowest BCUT2D eigenvalue weighted by Crippen LogP contribution is -2.44. The van der Waals surface area contributed by atoms with E-state index in [0.717, 1.165) is 23.9 Å². The first-order valence-corrected chi connectivity index (χ1v) is 14.3. The first-order chi connectivity index (χ1) is 20.6. The largest absolute Gasteiger partial charge is 0.495 e. The van der Waals surface area contributed by atoms with Crippen molar-refractivity contribution in [2.45, 2.75) is 33.6 Å². The van der Waals surface area contributed by atoms with Crippen LogP contribution >= 0.6 is 0 Å². The fourth-order valence-corrected chi connectivity index (χ4v) is 5.74. The molecule has 11 heteroatoms. The summed E-state index contributed by atoms with van der Waals surface area (Å²) in [6.45, 7) is 8.96. The summed E-state index contributed by atoms with van der Waals surface area (Å²) in [6, 6.07) is 5.80. The van der Waals surface area contributed by atoms with Crippen molar-refractivity contribution in [3.8, 4) is 16.9 Å². The summed E-state index contributed by atoms with van der Waals surface area (Å²) in [4.78, 5) is 30.6. The molecule has 2 fully saturated rings. The number of benzene rings is 1. The van der Waals surface area contributed by atoms with Gasteiger partial charge in [-0.15, -0.1) is 0 Å². The molecule has 0 bridgehead atoms. The molecule has 1 amide bonds. The third-order valence-corrected chi connectivity index (χ3v) is 8.12. The lowest BCUT2D eigenvalue weighted by molar-refractivity contribution is -0.121. The highest BCUT2D eigenvalue weighted by Crippen LogP contribution is 2.42. The summed E-state index contributed by atoms with van der Waals surface area (Å²) >= 11 is 0. The molecule has 3 aromatic heterocycles. The fraction of sp³-hybridized carbons (Fsp3) is 0.375. The number of aromatic nitrogens is 3. The Morgan fingerprint density at radius 1 is 1.07 bits per heavy atom. The number of amides is 1. The SMILES string of the molecule is COc1cncc(-c2cnc(N3CCOCC3)cc2Nc2c(C)c(N3CC(C)(C)CCC3=O)nc3cc(F)cc(F)c23)c1. The number of anilines is 4. The van der Waals surface area contributed by atoms with E-state index in [1.807, 2.05) is 12.1 Å². The minimum Gasteiger partial charge on any atom is -0.495 e. The highest BCUT2D eigenvalue weighted by Gasteiger charge is 2.34. The maximum absolute atomic E-state index is 15.6. The molecule has 1 N–H and O–H groups in total. The molecule has 0 aliphatic carbocycles. The standard InChI is InChI=1S/C32H34F2N6O3/c1-19-30(29-24(34)12-21(33)13-26(29)38-31(19)40-18-32(2,3)6-5-28(40)41)37-25-14-27(39-7-9-43-10-8-39)36-17-23(25)20-11-22(42-4)16-35-15-20/h11-17H,5-10,18H2,1-4H3,(H,36,37,38). The van der Waals surface area contributed by atoms with E-state index in [-0.39, 0.29) is 22.2 Å². The van der Waals surface area contributed by atoms with Crippen LogP contribution in [0.25, 0.3) is 22.0 Å². The number of hydrogen-bond donors (Lipinski definition) is 1. The van der Waals surface area contributed by atoms with E-state index in [2.05, 4.69) is 34.0 Å². The average Bonchev–Trinajstić information content (AvgIpc) is 3.00. The number of ether oxygens (including phenoxy) is 2. The van der Waals surface area contributed by atoms with Gasteiger partial charge in [0.2, 0.25) is 5.91 Å². The number of carbonyl (C=O) groups excluding carboxylic acids is 1. The number of carbonyl (C=O) groups is 1. The summed E-state index contributed by atoms with van der Waals surface area (Å²) < 4.78 is 41.1. The molecule has 2 aliphatic rings. The minimum absolute atomic E-state index is 0.0706. The number of nitrogens with zero attached hydrogens (tertiary/aromatic N) is 5. The predicted octanol–water partition coefficient (Wildman–Crippen LogP) is 6.02. The third kappa shape index (κ3) is 5.69. The number of morpholine rings is 1. The topological polar surface area (TPSA) is 92.7 Å². The van der Waals surface area contributed by atoms with E-state index in [1.165, 1.54) is 6.07 Å². The molecule has 2 saturated heterocycles. The molecule has 5 heterocycles. The molecule has 6 rings (SSSR count). The van der Waals surface area contributed by atoms with Crippen LogP contribution in [-0.2, 0) is 9.53 Å². The molecule has 0 spiro atoms. The zero-order chi connectivity index (χ0) is 30.3. The van der Waals surface area contributed by atoms with Crippen molar-refractivity contribution in [3.05, 3.63) is 60.1 Å². The molecular weight excluding hydrogens is 554 g/mol. The normalized spacial score (nSPS) is 16.9. The Kier molecular flexibility index (Phi) is 7.59. The van der Waals surface area contributed by atoms with Crippen molar-refractivity contribution in [2.75, 3.05) is 55.1 Å². The quantitative estimate of drug-likeness (QED) is 0.292. The summed E-state index contributed by atoms with van der Waals surface area (Å²) in [5, 5.41) is 3.60. The van der Waals surface area contributed by atoms with E-state index in [0.29, 0.717) is 73.3 Å². The second kappa shape index (κ2) is 11.4. The Hall–Kier alpha value is -4.38. The van der Waals surface area contributed by atoms with Crippen molar-refractivity contribution >= 4 is 39.8 Å². The van der Waals surface area contributed by atoms with Crippen molar-refractivity contribution in [1.29, 1.82) is 0 Å². The first-order valence-electron chi connectivity index (χ1n) is 14.3. The van der Waals surface area contributed by atoms with Crippen LogP contribution in [0, 0.1) is 24.0 Å². The van der Waals surface area contributed by atoms with E-state index >= 15 is 4.39 Å². The van der Waals surface area contributed by atoms with Crippen LogP contribution in [0.4, 0.5) is 31.8 Å². The molecule has 0 saturated carbocycles. The van der Waals surface area contributed by atoms with E-state index < -0.39 is 11.6 Å². The molecular formula is C32H34F2N6O3. The Bertz CT molecular complexity index is 1710. The van der Waals surface area contributed by atoms with E-state index in [9.17, 15) is 9.18 Å². The van der Waals surface area contributed by atoms with Crippen LogP contribution in [0.2, 0.25) is 0 Å². The van der Waals surface area contributed by atoms with Gasteiger partial charge in [0.25, 0.3) is 0 Å². The minimum atomic E-state index is -0.753. The number of fused-ring (bicyclic) bond motifs is 1. The number of hydrogen-bond acceptors (Lipinski definition) is 8. The lowest BCUT2D eigenvalue weighted by Gasteiger charge is -2.38. The van der Waals surface area contributed by atoms with Gasteiger partial charge >= 0.3 is 0 Å². The van der Waals surface area contributed by atoms with Gasteiger partial charge in [-0.1, -0.05) is 13.8 Å². The van der Waals surface area contributed by atoms with Crippen molar-refractivity contribution < 1.29 is 23.0 Å². The number of nitrogens with one attached hydrogen (secondary N) is 1. The third-order valence-electron chi connectivity index (χ3n) is 8.12. The highest BCUT2D eigenvalue weighted by molar-refractivity contribution is 6.02. The van der Waals surface area contributed by atoms with Crippen LogP contribution in [-0.4, -0.2) is 60.8 Å². The molecule has 0 radical (unpaired) electrons.